The third-order valence-corrected chi connectivity index (χ3v) is 5.59. The number of phenolic OH excluding ortho intramolecular Hbond substituents is 1. The van der Waals surface area contributed by atoms with Crippen molar-refractivity contribution in [1.82, 2.24) is 4.90 Å². The molecule has 2 rings (SSSR count). The minimum atomic E-state index is -0.556. The molecule has 1 unspecified atom stereocenters. The van der Waals surface area contributed by atoms with Crippen LogP contribution in [0.15, 0.2) is 30.3 Å². The van der Waals surface area contributed by atoms with Crippen LogP contribution in [-0.4, -0.2) is 24.1 Å². The van der Waals surface area contributed by atoms with Crippen molar-refractivity contribution >= 4 is 37.8 Å². The zero-order valence-corrected chi connectivity index (χ0v) is 21.3. The van der Waals surface area contributed by atoms with E-state index in [0.29, 0.717) is 14.3 Å². The summed E-state index contributed by atoms with van der Waals surface area (Å²) < 4.78 is 0. The Balaban J connectivity index is 0.00000114. The van der Waals surface area contributed by atoms with E-state index in [1.165, 1.54) is 22.0 Å². The van der Waals surface area contributed by atoms with E-state index in [9.17, 15) is 5.11 Å². The first kappa shape index (κ1) is 25.0. The zero-order valence-electron chi connectivity index (χ0n) is 17.2. The van der Waals surface area contributed by atoms with E-state index in [1.807, 2.05) is 6.92 Å². The Morgan fingerprint density at radius 1 is 1.04 bits per heavy atom. The van der Waals surface area contributed by atoms with E-state index in [-0.39, 0.29) is 5.41 Å². The number of nitrogens with zero attached hydrogens (tertiary/aromatic N) is 1. The fraction of sp³-hybridized carbons (Fsp3) is 0.429. The summed E-state index contributed by atoms with van der Waals surface area (Å²) in [5, 5.41) is 12.9. The van der Waals surface area contributed by atoms with E-state index in [1.54, 1.807) is 0 Å². The number of halogens is 2. The molecule has 0 fully saturated rings. The van der Waals surface area contributed by atoms with Gasteiger partial charge in [0.2, 0.25) is 0 Å². The molecular formula is C21H30Cl2NOPTi. The monoisotopic (exact) mass is 461 g/mol. The molecule has 1 atom stereocenters. The van der Waals surface area contributed by atoms with E-state index >= 15 is 0 Å². The van der Waals surface area contributed by atoms with E-state index in [2.05, 4.69) is 77.0 Å². The summed E-state index contributed by atoms with van der Waals surface area (Å²) in [6, 6.07) is 10.9. The maximum atomic E-state index is 10.6. The molecule has 0 aliphatic heterocycles. The van der Waals surface area contributed by atoms with Crippen LogP contribution in [0.2, 0.25) is 0 Å². The second kappa shape index (κ2) is 11.2. The van der Waals surface area contributed by atoms with Gasteiger partial charge in [0.1, 0.15) is 5.75 Å². The van der Waals surface area contributed by atoms with Crippen molar-refractivity contribution in [3.05, 3.63) is 52.6 Å². The van der Waals surface area contributed by atoms with Gasteiger partial charge in [0.25, 0.3) is 0 Å². The van der Waals surface area contributed by atoms with Crippen LogP contribution in [0, 0.1) is 13.8 Å². The van der Waals surface area contributed by atoms with Crippen molar-refractivity contribution in [2.45, 2.75) is 46.6 Å². The Morgan fingerprint density at radius 2 is 1.63 bits per heavy atom. The normalized spacial score (nSPS) is 11.6. The molecule has 0 saturated heterocycles. The molecule has 2 aromatic rings. The Hall–Kier alpha value is -0.0757. The van der Waals surface area contributed by atoms with Crippen LogP contribution >= 0.6 is 27.2 Å². The predicted octanol–water partition coefficient (Wildman–Crippen LogP) is 5.37. The summed E-state index contributed by atoms with van der Waals surface area (Å²) in [6.45, 7) is 11.7. The number of rotatable bonds is 4. The quantitative estimate of drug-likeness (QED) is 0.488. The van der Waals surface area contributed by atoms with Gasteiger partial charge in [-0.05, 0) is 61.4 Å². The maximum absolute atomic E-state index is 10.6. The molecule has 2 nitrogen and oxygen atoms in total. The van der Waals surface area contributed by atoms with Crippen LogP contribution in [0.5, 0.6) is 5.75 Å². The molecule has 0 heterocycles. The molecular weight excluding hydrogens is 432 g/mol. The van der Waals surface area contributed by atoms with Gasteiger partial charge in [0, 0.05) is 11.8 Å². The first-order valence-electron chi connectivity index (χ1n) is 8.81. The third kappa shape index (κ3) is 8.05. The van der Waals surface area contributed by atoms with Crippen molar-refractivity contribution in [1.29, 1.82) is 0 Å². The molecule has 0 radical (unpaired) electrons. The molecule has 6 heteroatoms. The fourth-order valence-corrected chi connectivity index (χ4v) is 4.08. The Bertz CT molecular complexity index is 761. The third-order valence-electron chi connectivity index (χ3n) is 4.18. The van der Waals surface area contributed by atoms with Crippen molar-refractivity contribution in [2.24, 2.45) is 0 Å². The average molecular weight is 462 g/mol. The molecule has 0 aromatic heterocycles. The Labute approximate surface area is 183 Å². The van der Waals surface area contributed by atoms with Crippen molar-refractivity contribution < 1.29 is 22.1 Å². The van der Waals surface area contributed by atoms with Gasteiger partial charge in [-0.15, -0.1) is 0 Å². The van der Waals surface area contributed by atoms with E-state index < -0.39 is 17.0 Å². The van der Waals surface area contributed by atoms with Crippen LogP contribution in [0.3, 0.4) is 0 Å². The summed E-state index contributed by atoms with van der Waals surface area (Å²) in [7, 11) is 14.4. The first-order valence-corrected chi connectivity index (χ1v) is 14.1. The molecule has 2 aromatic carbocycles. The molecule has 0 spiro atoms. The van der Waals surface area contributed by atoms with Gasteiger partial charge in [0.05, 0.1) is 0 Å². The Morgan fingerprint density at radius 3 is 2.15 bits per heavy atom. The number of aromatic hydroxyl groups is 1. The van der Waals surface area contributed by atoms with Crippen LogP contribution in [-0.2, 0) is 29.0 Å². The van der Waals surface area contributed by atoms with Crippen molar-refractivity contribution in [3.63, 3.8) is 0 Å². The predicted molar refractivity (Wildman–Crippen MR) is 119 cm³/mol. The summed E-state index contributed by atoms with van der Waals surface area (Å²) in [5.41, 5.74) is 4.95. The topological polar surface area (TPSA) is 23.5 Å². The molecule has 0 bridgehead atoms. The summed E-state index contributed by atoms with van der Waals surface area (Å²) in [4.78, 5) is 2.19. The van der Waals surface area contributed by atoms with E-state index in [0.717, 1.165) is 17.4 Å². The van der Waals surface area contributed by atoms with Gasteiger partial charge in [0.15, 0.2) is 0 Å². The zero-order chi connectivity index (χ0) is 20.8. The van der Waals surface area contributed by atoms with Gasteiger partial charge in [-0.3, -0.25) is 0 Å². The number of aryl methyl sites for hydroxylation is 2. The van der Waals surface area contributed by atoms with Crippen LogP contribution in [0.1, 0.15) is 43.0 Å². The molecule has 1 N–H and O–H groups in total. The minimum absolute atomic E-state index is 0.0808. The number of phenols is 1. The number of hydrogen-bond donors (Lipinski definition) is 1. The first-order chi connectivity index (χ1) is 12.5. The second-order valence-corrected chi connectivity index (χ2v) is 11.9. The van der Waals surface area contributed by atoms with Gasteiger partial charge in [-0.25, -0.2) is 0 Å². The molecule has 148 valence electrons. The average Bonchev–Trinajstić information content (AvgIpc) is 2.53. The van der Waals surface area contributed by atoms with Gasteiger partial charge >= 0.3 is 35.6 Å². The van der Waals surface area contributed by atoms with Crippen LogP contribution < -0.4 is 10.6 Å². The second-order valence-electron chi connectivity index (χ2n) is 8.03. The fourth-order valence-electron chi connectivity index (χ4n) is 2.77. The van der Waals surface area contributed by atoms with Crippen molar-refractivity contribution in [3.8, 4) is 5.75 Å². The molecule has 0 saturated carbocycles. The van der Waals surface area contributed by atoms with Gasteiger partial charge in [-0.1, -0.05) is 59.2 Å². The molecule has 27 heavy (non-hydrogen) atoms. The molecule has 0 amide bonds. The molecule has 0 aliphatic rings. The van der Waals surface area contributed by atoms with Crippen LogP contribution in [0.4, 0.5) is 0 Å². The van der Waals surface area contributed by atoms with Crippen LogP contribution in [0.25, 0.3) is 0 Å². The number of hydrogen-bond acceptors (Lipinski definition) is 2. The van der Waals surface area contributed by atoms with Crippen molar-refractivity contribution in [2.75, 3.05) is 14.1 Å². The summed E-state index contributed by atoms with van der Waals surface area (Å²) in [6.07, 6.45) is 0. The van der Waals surface area contributed by atoms with Gasteiger partial charge < -0.3 is 10.0 Å². The number of benzene rings is 2. The SMILES string of the molecule is Cc1ccc(Pc2cc(C(C)(C)C)cc(C)c2O)c(CN(C)C)c1.[Cl][Ti][Cl]. The standard InChI is InChI=1S/C21H30NOP.2ClH.Ti/c1-14-8-9-18(16(10-14)13-22(6)7)24-19-12-17(21(3,4)5)11-15(2)20(19)23;;;/h8-12,23-24H,13H2,1-7H3;2*1H;/q;;;+2/p-2. The summed E-state index contributed by atoms with van der Waals surface area (Å²) in [5.74, 6) is 0.442. The summed E-state index contributed by atoms with van der Waals surface area (Å²) >= 11 is -0.556. The van der Waals surface area contributed by atoms with E-state index in [4.69, 9.17) is 18.6 Å². The van der Waals surface area contributed by atoms with Gasteiger partial charge in [-0.2, -0.15) is 0 Å². The Kier molecular flexibility index (Phi) is 10.4. The molecule has 0 aliphatic carbocycles.